The number of nitrogens with zero attached hydrogens (tertiary/aromatic N) is 1. The normalized spacial score (nSPS) is 13.5. The van der Waals surface area contributed by atoms with Crippen LogP contribution in [0, 0.1) is 0 Å². The van der Waals surface area contributed by atoms with Gasteiger partial charge in [0.2, 0.25) is 5.88 Å². The van der Waals surface area contributed by atoms with E-state index in [9.17, 15) is 5.11 Å². The van der Waals surface area contributed by atoms with Gasteiger partial charge >= 0.3 is 0 Å². The van der Waals surface area contributed by atoms with Crippen molar-refractivity contribution in [1.29, 1.82) is 0 Å². The number of aromatic nitrogens is 1. The molecule has 0 radical (unpaired) electrons. The zero-order chi connectivity index (χ0) is 12.9. The topological polar surface area (TPSA) is 54.4 Å². The minimum Gasteiger partial charge on any atom is -0.478 e. The molecule has 0 saturated carbocycles. The predicted octanol–water partition coefficient (Wildman–Crippen LogP) is 1.90. The van der Waals surface area contributed by atoms with Gasteiger partial charge in [0.05, 0.1) is 12.3 Å². The maximum atomic E-state index is 10.00. The minimum absolute atomic E-state index is 0.0154. The second kappa shape index (κ2) is 5.98. The van der Waals surface area contributed by atoms with Crippen molar-refractivity contribution >= 4 is 0 Å². The van der Waals surface area contributed by atoms with Crippen LogP contribution in [0.4, 0.5) is 0 Å². The fourth-order valence-corrected chi connectivity index (χ4v) is 1.35. The summed E-state index contributed by atoms with van der Waals surface area (Å²) in [5, 5.41) is 13.2. The van der Waals surface area contributed by atoms with Crippen molar-refractivity contribution < 1.29 is 9.84 Å². The molecular weight excluding hydrogens is 216 g/mol. The lowest BCUT2D eigenvalue weighted by Gasteiger charge is -2.22. The maximum absolute atomic E-state index is 10.00. The van der Waals surface area contributed by atoms with Gasteiger partial charge in [-0.25, -0.2) is 4.98 Å². The Labute approximate surface area is 103 Å². The van der Waals surface area contributed by atoms with Crippen molar-refractivity contribution in [2.75, 3.05) is 13.2 Å². The van der Waals surface area contributed by atoms with E-state index >= 15 is 0 Å². The molecule has 1 atom stereocenters. The van der Waals surface area contributed by atoms with Crippen LogP contribution in [0.3, 0.4) is 0 Å². The summed E-state index contributed by atoms with van der Waals surface area (Å²) in [7, 11) is 0. The van der Waals surface area contributed by atoms with Crippen LogP contribution in [0.5, 0.6) is 5.88 Å². The second-order valence-electron chi connectivity index (χ2n) is 4.98. The van der Waals surface area contributed by atoms with E-state index in [4.69, 9.17) is 4.74 Å². The molecule has 0 aromatic carbocycles. The van der Waals surface area contributed by atoms with Crippen LogP contribution < -0.4 is 10.1 Å². The standard InChI is InChI=1S/C13H22N2O2/c1-5-17-12-8-6-7-10(15-12)11(16)9-14-13(2,3)4/h6-8,11,14,16H,5,9H2,1-4H3. The molecule has 1 aromatic heterocycles. The van der Waals surface area contributed by atoms with Crippen molar-refractivity contribution in [2.45, 2.75) is 39.3 Å². The zero-order valence-corrected chi connectivity index (χ0v) is 11.0. The lowest BCUT2D eigenvalue weighted by atomic mass is 10.1. The number of nitrogens with one attached hydrogen (secondary N) is 1. The molecule has 1 rings (SSSR count). The summed E-state index contributed by atoms with van der Waals surface area (Å²) in [5.41, 5.74) is 0.617. The predicted molar refractivity (Wildman–Crippen MR) is 68.1 cm³/mol. The second-order valence-corrected chi connectivity index (χ2v) is 4.98. The van der Waals surface area contributed by atoms with Crippen molar-refractivity contribution in [3.05, 3.63) is 23.9 Å². The van der Waals surface area contributed by atoms with Gasteiger partial charge in [-0.15, -0.1) is 0 Å². The molecule has 0 saturated heterocycles. The first kappa shape index (κ1) is 13.9. The molecule has 0 bridgehead atoms. The minimum atomic E-state index is -0.616. The molecule has 1 aromatic rings. The van der Waals surface area contributed by atoms with Crippen molar-refractivity contribution in [3.8, 4) is 5.88 Å². The molecule has 4 nitrogen and oxygen atoms in total. The molecule has 0 fully saturated rings. The summed E-state index contributed by atoms with van der Waals surface area (Å²) in [6.45, 7) is 9.14. The highest BCUT2D eigenvalue weighted by molar-refractivity contribution is 5.17. The number of hydrogen-bond donors (Lipinski definition) is 2. The molecule has 0 aliphatic rings. The molecule has 4 heteroatoms. The van der Waals surface area contributed by atoms with Crippen LogP contribution in [-0.2, 0) is 0 Å². The van der Waals surface area contributed by atoms with Gasteiger partial charge in [0, 0.05) is 18.2 Å². The Bertz CT molecular complexity index is 348. The lowest BCUT2D eigenvalue weighted by Crippen LogP contribution is -2.38. The molecule has 1 unspecified atom stereocenters. The molecule has 0 amide bonds. The summed E-state index contributed by atoms with van der Waals surface area (Å²) in [6.07, 6.45) is -0.616. The van der Waals surface area contributed by atoms with Gasteiger partial charge < -0.3 is 15.2 Å². The van der Waals surface area contributed by atoms with E-state index in [-0.39, 0.29) is 5.54 Å². The van der Waals surface area contributed by atoms with Crippen LogP contribution >= 0.6 is 0 Å². The average Bonchev–Trinajstić information content (AvgIpc) is 2.26. The number of ether oxygens (including phenoxy) is 1. The lowest BCUT2D eigenvalue weighted by molar-refractivity contribution is 0.157. The van der Waals surface area contributed by atoms with Crippen LogP contribution in [0.25, 0.3) is 0 Å². The summed E-state index contributed by atoms with van der Waals surface area (Å²) < 4.78 is 5.30. The van der Waals surface area contributed by atoms with E-state index in [0.29, 0.717) is 24.7 Å². The van der Waals surface area contributed by atoms with Gasteiger partial charge in [-0.05, 0) is 33.8 Å². The van der Waals surface area contributed by atoms with Crippen molar-refractivity contribution in [3.63, 3.8) is 0 Å². The molecule has 0 spiro atoms. The Hall–Kier alpha value is -1.13. The fraction of sp³-hybridized carbons (Fsp3) is 0.615. The third-order valence-corrected chi connectivity index (χ3v) is 2.20. The highest BCUT2D eigenvalue weighted by atomic mass is 16.5. The number of rotatable bonds is 5. The van der Waals surface area contributed by atoms with Gasteiger partial charge in [-0.1, -0.05) is 6.07 Å². The number of aliphatic hydroxyl groups is 1. The number of pyridine rings is 1. The van der Waals surface area contributed by atoms with Crippen molar-refractivity contribution in [2.24, 2.45) is 0 Å². The van der Waals surface area contributed by atoms with E-state index in [1.54, 1.807) is 12.1 Å². The Morgan fingerprint density at radius 3 is 2.71 bits per heavy atom. The first-order valence-electron chi connectivity index (χ1n) is 5.95. The Morgan fingerprint density at radius 1 is 1.41 bits per heavy atom. The number of β-amino-alcohol motifs (C(OH)–C–C–N with tert-alkyl or cyclic N) is 1. The quantitative estimate of drug-likeness (QED) is 0.822. The van der Waals surface area contributed by atoms with Gasteiger partial charge in [-0.2, -0.15) is 0 Å². The average molecular weight is 238 g/mol. The first-order valence-corrected chi connectivity index (χ1v) is 5.95. The van der Waals surface area contributed by atoms with E-state index < -0.39 is 6.10 Å². The monoisotopic (exact) mass is 238 g/mol. The summed E-state index contributed by atoms with van der Waals surface area (Å²) in [6, 6.07) is 5.43. The van der Waals surface area contributed by atoms with Crippen molar-refractivity contribution in [1.82, 2.24) is 10.3 Å². The molecule has 2 N–H and O–H groups in total. The zero-order valence-electron chi connectivity index (χ0n) is 11.0. The van der Waals surface area contributed by atoms with E-state index in [1.807, 2.05) is 13.0 Å². The van der Waals surface area contributed by atoms with E-state index in [1.165, 1.54) is 0 Å². The molecule has 96 valence electrons. The number of aliphatic hydroxyl groups excluding tert-OH is 1. The summed E-state index contributed by atoms with van der Waals surface area (Å²) >= 11 is 0. The van der Waals surface area contributed by atoms with Gasteiger partial charge in [-0.3, -0.25) is 0 Å². The van der Waals surface area contributed by atoms with E-state index in [0.717, 1.165) is 0 Å². The molecule has 1 heterocycles. The van der Waals surface area contributed by atoms with Gasteiger partial charge in [0.15, 0.2) is 0 Å². The Balaban J connectivity index is 2.62. The summed E-state index contributed by atoms with van der Waals surface area (Å²) in [5.74, 6) is 0.555. The molecular formula is C13H22N2O2. The van der Waals surface area contributed by atoms with Crippen LogP contribution in [-0.4, -0.2) is 28.8 Å². The van der Waals surface area contributed by atoms with Crippen LogP contribution in [0.1, 0.15) is 39.5 Å². The highest BCUT2D eigenvalue weighted by Crippen LogP contribution is 2.14. The number of hydrogen-bond acceptors (Lipinski definition) is 4. The Morgan fingerprint density at radius 2 is 2.12 bits per heavy atom. The molecule has 0 aliphatic heterocycles. The van der Waals surface area contributed by atoms with Crippen LogP contribution in [0.2, 0.25) is 0 Å². The third-order valence-electron chi connectivity index (χ3n) is 2.20. The summed E-state index contributed by atoms with van der Waals surface area (Å²) in [4.78, 5) is 4.25. The first-order chi connectivity index (χ1) is 7.92. The highest BCUT2D eigenvalue weighted by Gasteiger charge is 2.14. The van der Waals surface area contributed by atoms with E-state index in [2.05, 4.69) is 31.1 Å². The maximum Gasteiger partial charge on any atom is 0.213 e. The molecule has 17 heavy (non-hydrogen) atoms. The van der Waals surface area contributed by atoms with Gasteiger partial charge in [0.25, 0.3) is 0 Å². The fourth-order valence-electron chi connectivity index (χ4n) is 1.35. The third kappa shape index (κ3) is 5.15. The largest absolute Gasteiger partial charge is 0.478 e. The Kier molecular flexibility index (Phi) is 4.90. The SMILES string of the molecule is CCOc1cccc(C(O)CNC(C)(C)C)n1. The molecule has 0 aliphatic carbocycles. The van der Waals surface area contributed by atoms with Crippen LogP contribution in [0.15, 0.2) is 18.2 Å². The van der Waals surface area contributed by atoms with Gasteiger partial charge in [0.1, 0.15) is 6.10 Å². The smallest absolute Gasteiger partial charge is 0.213 e.